The van der Waals surface area contributed by atoms with E-state index in [9.17, 15) is 9.59 Å². The molecule has 0 aromatic rings. The van der Waals surface area contributed by atoms with Crippen molar-refractivity contribution in [3.63, 3.8) is 0 Å². The van der Waals surface area contributed by atoms with E-state index in [2.05, 4.69) is 13.8 Å². The molecule has 3 unspecified atom stereocenters. The van der Waals surface area contributed by atoms with Crippen molar-refractivity contribution in [3.8, 4) is 0 Å². The third kappa shape index (κ3) is 2.77. The van der Waals surface area contributed by atoms with Crippen molar-refractivity contribution >= 4 is 11.9 Å². The topological polar surface area (TPSA) is 57.6 Å². The maximum absolute atomic E-state index is 12.7. The number of carboxylic acids is 1. The van der Waals surface area contributed by atoms with E-state index < -0.39 is 11.9 Å². The minimum atomic E-state index is -0.772. The molecule has 0 aromatic heterocycles. The summed E-state index contributed by atoms with van der Waals surface area (Å²) in [5.41, 5.74) is 0.0554. The molecule has 2 aliphatic rings. The summed E-state index contributed by atoms with van der Waals surface area (Å²) in [5.74, 6) is -0.851. The number of aliphatic carboxylic acids is 1. The molecule has 1 N–H and O–H groups in total. The predicted molar refractivity (Wildman–Crippen MR) is 72.6 cm³/mol. The normalized spacial score (nSPS) is 34.3. The van der Waals surface area contributed by atoms with Crippen molar-refractivity contribution in [1.29, 1.82) is 0 Å². The molecule has 1 heterocycles. The molecule has 1 aliphatic heterocycles. The molecule has 1 amide bonds. The van der Waals surface area contributed by atoms with Gasteiger partial charge < -0.3 is 10.0 Å². The number of amides is 1. The summed E-state index contributed by atoms with van der Waals surface area (Å²) in [5, 5.41) is 9.16. The van der Waals surface area contributed by atoms with Crippen LogP contribution in [0.1, 0.15) is 46.5 Å². The quantitative estimate of drug-likeness (QED) is 0.835. The van der Waals surface area contributed by atoms with Gasteiger partial charge in [0.25, 0.3) is 0 Å². The van der Waals surface area contributed by atoms with Gasteiger partial charge in [0.1, 0.15) is 0 Å². The third-order valence-corrected chi connectivity index (χ3v) is 5.05. The van der Waals surface area contributed by atoms with Gasteiger partial charge in [-0.3, -0.25) is 9.59 Å². The first-order chi connectivity index (χ1) is 8.83. The van der Waals surface area contributed by atoms with Crippen LogP contribution >= 0.6 is 0 Å². The molecule has 2 rings (SSSR count). The highest BCUT2D eigenvalue weighted by Crippen LogP contribution is 2.42. The zero-order valence-corrected chi connectivity index (χ0v) is 12.2. The third-order valence-electron chi connectivity index (χ3n) is 5.05. The van der Waals surface area contributed by atoms with Crippen molar-refractivity contribution in [2.75, 3.05) is 13.1 Å². The molecule has 4 nitrogen and oxygen atoms in total. The second-order valence-corrected chi connectivity index (χ2v) is 6.95. The Hall–Kier alpha value is -1.06. The Morgan fingerprint density at radius 3 is 2.42 bits per heavy atom. The van der Waals surface area contributed by atoms with Gasteiger partial charge in [0.2, 0.25) is 5.91 Å². The number of rotatable bonds is 2. The predicted octanol–water partition coefficient (Wildman–Crippen LogP) is 2.38. The summed E-state index contributed by atoms with van der Waals surface area (Å²) >= 11 is 0. The summed E-state index contributed by atoms with van der Waals surface area (Å²) in [7, 11) is 0. The van der Waals surface area contributed by atoms with Crippen LogP contribution in [0.2, 0.25) is 0 Å². The lowest BCUT2D eigenvalue weighted by Crippen LogP contribution is -2.43. The van der Waals surface area contributed by atoms with Gasteiger partial charge in [-0.2, -0.15) is 0 Å². The lowest BCUT2D eigenvalue weighted by atomic mass is 9.68. The second kappa shape index (κ2) is 5.14. The number of nitrogens with zero attached hydrogens (tertiary/aromatic N) is 1. The SMILES string of the molecule is CC1CN(C(=O)C2CCCCC2(C)C)CC1C(=O)O. The maximum Gasteiger partial charge on any atom is 0.308 e. The second-order valence-electron chi connectivity index (χ2n) is 6.95. The number of likely N-dealkylation sites (tertiary alicyclic amines) is 1. The van der Waals surface area contributed by atoms with Gasteiger partial charge in [0, 0.05) is 19.0 Å². The first-order valence-electron chi connectivity index (χ1n) is 7.34. The Kier molecular flexibility index (Phi) is 3.88. The number of hydrogen-bond donors (Lipinski definition) is 1. The van der Waals surface area contributed by atoms with Gasteiger partial charge in [-0.05, 0) is 24.2 Å². The highest BCUT2D eigenvalue weighted by Gasteiger charge is 2.43. The fourth-order valence-electron chi connectivity index (χ4n) is 3.64. The highest BCUT2D eigenvalue weighted by atomic mass is 16.4. The van der Waals surface area contributed by atoms with Crippen LogP contribution in [-0.2, 0) is 9.59 Å². The summed E-state index contributed by atoms with van der Waals surface area (Å²) < 4.78 is 0. The van der Waals surface area contributed by atoms with Crippen molar-refractivity contribution in [1.82, 2.24) is 4.90 Å². The standard InChI is InChI=1S/C15H25NO3/c1-10-8-16(9-11(10)14(18)19)13(17)12-6-4-5-7-15(12,2)3/h10-12H,4-9H2,1-3H3,(H,18,19). The summed E-state index contributed by atoms with van der Waals surface area (Å²) in [6.45, 7) is 7.26. The molecule has 1 aliphatic carbocycles. The molecule has 3 atom stereocenters. The highest BCUT2D eigenvalue weighted by molar-refractivity contribution is 5.81. The van der Waals surface area contributed by atoms with Crippen molar-refractivity contribution in [3.05, 3.63) is 0 Å². The van der Waals surface area contributed by atoms with Crippen molar-refractivity contribution < 1.29 is 14.7 Å². The molecule has 1 saturated heterocycles. The average Bonchev–Trinajstić information content (AvgIpc) is 2.70. The van der Waals surface area contributed by atoms with Gasteiger partial charge in [0.05, 0.1) is 5.92 Å². The molecule has 0 radical (unpaired) electrons. The van der Waals surface area contributed by atoms with E-state index in [0.717, 1.165) is 19.3 Å². The summed E-state index contributed by atoms with van der Waals surface area (Å²) in [6, 6.07) is 0. The molecule has 108 valence electrons. The van der Waals surface area contributed by atoms with E-state index in [4.69, 9.17) is 5.11 Å². The Morgan fingerprint density at radius 1 is 1.21 bits per heavy atom. The van der Waals surface area contributed by atoms with E-state index in [0.29, 0.717) is 13.1 Å². The Morgan fingerprint density at radius 2 is 1.89 bits per heavy atom. The van der Waals surface area contributed by atoms with Crippen molar-refractivity contribution in [2.45, 2.75) is 46.5 Å². The van der Waals surface area contributed by atoms with Crippen LogP contribution in [0.15, 0.2) is 0 Å². The van der Waals surface area contributed by atoms with Gasteiger partial charge in [-0.1, -0.05) is 33.6 Å². The van der Waals surface area contributed by atoms with Crippen molar-refractivity contribution in [2.24, 2.45) is 23.2 Å². The van der Waals surface area contributed by atoms with Gasteiger partial charge in [-0.15, -0.1) is 0 Å². The fourth-order valence-corrected chi connectivity index (χ4v) is 3.64. The van der Waals surface area contributed by atoms with Crippen LogP contribution in [0.3, 0.4) is 0 Å². The largest absolute Gasteiger partial charge is 0.481 e. The molecule has 19 heavy (non-hydrogen) atoms. The molecule has 0 spiro atoms. The summed E-state index contributed by atoms with van der Waals surface area (Å²) in [6.07, 6.45) is 4.36. The molecular formula is C15H25NO3. The lowest BCUT2D eigenvalue weighted by molar-refractivity contribution is -0.143. The lowest BCUT2D eigenvalue weighted by Gasteiger charge is -2.39. The molecule has 0 aromatic carbocycles. The van der Waals surface area contributed by atoms with Crippen LogP contribution in [-0.4, -0.2) is 35.0 Å². The Balaban J connectivity index is 2.06. The number of carbonyl (C=O) groups excluding carboxylic acids is 1. The van der Waals surface area contributed by atoms with E-state index in [1.54, 1.807) is 4.90 Å². The van der Waals surface area contributed by atoms with Crippen LogP contribution in [0.5, 0.6) is 0 Å². The van der Waals surface area contributed by atoms with E-state index in [1.165, 1.54) is 6.42 Å². The smallest absolute Gasteiger partial charge is 0.308 e. The first kappa shape index (κ1) is 14.4. The number of carbonyl (C=O) groups is 2. The number of hydrogen-bond acceptors (Lipinski definition) is 2. The zero-order valence-electron chi connectivity index (χ0n) is 12.2. The maximum atomic E-state index is 12.7. The van der Waals surface area contributed by atoms with Crippen LogP contribution in [0.25, 0.3) is 0 Å². The monoisotopic (exact) mass is 267 g/mol. The molecule has 0 bridgehead atoms. The fraction of sp³-hybridized carbons (Fsp3) is 0.867. The van der Waals surface area contributed by atoms with E-state index in [1.807, 2.05) is 6.92 Å². The van der Waals surface area contributed by atoms with Gasteiger partial charge in [0.15, 0.2) is 0 Å². The van der Waals surface area contributed by atoms with Crippen LogP contribution in [0.4, 0.5) is 0 Å². The van der Waals surface area contributed by atoms with Gasteiger partial charge >= 0.3 is 5.97 Å². The molecule has 1 saturated carbocycles. The molecular weight excluding hydrogens is 242 g/mol. The average molecular weight is 267 g/mol. The minimum Gasteiger partial charge on any atom is -0.481 e. The van der Waals surface area contributed by atoms with E-state index in [-0.39, 0.29) is 23.2 Å². The van der Waals surface area contributed by atoms with E-state index >= 15 is 0 Å². The Bertz CT molecular complexity index is 378. The zero-order chi connectivity index (χ0) is 14.2. The number of carboxylic acid groups (broad SMARTS) is 1. The van der Waals surface area contributed by atoms with Crippen LogP contribution in [0, 0.1) is 23.2 Å². The Labute approximate surface area is 115 Å². The minimum absolute atomic E-state index is 0.0554. The molecule has 4 heteroatoms. The van der Waals surface area contributed by atoms with Crippen LogP contribution < -0.4 is 0 Å². The molecule has 2 fully saturated rings. The summed E-state index contributed by atoms with van der Waals surface area (Å²) in [4.78, 5) is 25.6. The first-order valence-corrected chi connectivity index (χ1v) is 7.34. The van der Waals surface area contributed by atoms with Gasteiger partial charge in [-0.25, -0.2) is 0 Å².